The Balaban J connectivity index is 0.000000596. The SMILES string of the molecule is CCCS(=O)[C@]1(c2ccc(-c3ccccc3)cc2)CNC(C)C1.COC=O. The van der Waals surface area contributed by atoms with Crippen LogP contribution in [0.5, 0.6) is 0 Å². The monoisotopic (exact) mass is 387 g/mol. The van der Waals surface area contributed by atoms with Crippen molar-refractivity contribution in [2.75, 3.05) is 19.4 Å². The van der Waals surface area contributed by atoms with E-state index < -0.39 is 10.8 Å². The van der Waals surface area contributed by atoms with Gasteiger partial charge in [-0.25, -0.2) is 0 Å². The zero-order valence-electron chi connectivity index (χ0n) is 16.3. The van der Waals surface area contributed by atoms with Gasteiger partial charge in [0.2, 0.25) is 0 Å². The van der Waals surface area contributed by atoms with E-state index in [1.54, 1.807) is 0 Å². The van der Waals surface area contributed by atoms with Gasteiger partial charge in [0.05, 0.1) is 11.9 Å². The predicted octanol–water partition coefficient (Wildman–Crippen LogP) is 3.88. The third kappa shape index (κ3) is 5.27. The molecule has 1 N–H and O–H groups in total. The highest BCUT2D eigenvalue weighted by molar-refractivity contribution is 7.86. The lowest BCUT2D eigenvalue weighted by atomic mass is 9.93. The zero-order valence-corrected chi connectivity index (χ0v) is 17.1. The van der Waals surface area contributed by atoms with Gasteiger partial charge in [0.15, 0.2) is 0 Å². The van der Waals surface area contributed by atoms with Gasteiger partial charge >= 0.3 is 0 Å². The Kier molecular flexibility index (Phi) is 8.20. The number of rotatable bonds is 6. The molecule has 146 valence electrons. The molecule has 2 aromatic carbocycles. The fraction of sp³-hybridized carbons (Fsp3) is 0.409. The Morgan fingerprint density at radius 2 is 1.74 bits per heavy atom. The second-order valence-corrected chi connectivity index (χ2v) is 8.69. The fourth-order valence-electron chi connectivity index (χ4n) is 3.48. The maximum absolute atomic E-state index is 12.9. The molecule has 3 atom stereocenters. The van der Waals surface area contributed by atoms with Crippen LogP contribution in [0.2, 0.25) is 0 Å². The standard InChI is InChI=1S/C20H25NOS.C2H4O2/c1-3-13-23(22)20(14-16(2)21-15-20)19-11-9-18(10-12-19)17-7-5-4-6-8-17;1-4-2-3/h4-12,16,21H,3,13-15H2,1-2H3;2H,1H3/t16?,20-,23?;/m0./s1. The van der Waals surface area contributed by atoms with E-state index in [0.29, 0.717) is 12.5 Å². The average Bonchev–Trinajstić information content (AvgIpc) is 3.12. The Labute approximate surface area is 164 Å². The largest absolute Gasteiger partial charge is 0.471 e. The van der Waals surface area contributed by atoms with E-state index >= 15 is 0 Å². The Hall–Kier alpha value is -1.98. The minimum absolute atomic E-state index is 0.232. The van der Waals surface area contributed by atoms with Gasteiger partial charge in [0, 0.05) is 29.1 Å². The number of hydrogen-bond acceptors (Lipinski definition) is 4. The number of carbonyl (C=O) groups is 1. The van der Waals surface area contributed by atoms with E-state index in [4.69, 9.17) is 4.79 Å². The summed E-state index contributed by atoms with van der Waals surface area (Å²) >= 11 is 0. The molecule has 2 aromatic rings. The highest BCUT2D eigenvalue weighted by Gasteiger charge is 2.43. The predicted molar refractivity (Wildman–Crippen MR) is 112 cm³/mol. The molecule has 0 saturated carbocycles. The van der Waals surface area contributed by atoms with Gasteiger partial charge in [0.25, 0.3) is 6.47 Å². The van der Waals surface area contributed by atoms with Crippen LogP contribution in [0.15, 0.2) is 54.6 Å². The maximum Gasteiger partial charge on any atom is 0.292 e. The molecule has 4 nitrogen and oxygen atoms in total. The third-order valence-electron chi connectivity index (χ3n) is 4.81. The van der Waals surface area contributed by atoms with E-state index in [0.717, 1.165) is 25.1 Å². The number of hydrogen-bond donors (Lipinski definition) is 1. The van der Waals surface area contributed by atoms with Crippen molar-refractivity contribution in [3.05, 3.63) is 60.2 Å². The molecule has 0 spiro atoms. The zero-order chi connectivity index (χ0) is 19.7. The molecule has 1 fully saturated rings. The van der Waals surface area contributed by atoms with Gasteiger partial charge in [-0.3, -0.25) is 9.00 Å². The Bertz CT molecular complexity index is 733. The van der Waals surface area contributed by atoms with Crippen molar-refractivity contribution in [3.63, 3.8) is 0 Å². The van der Waals surface area contributed by atoms with E-state index in [-0.39, 0.29) is 4.75 Å². The molecule has 2 unspecified atom stereocenters. The van der Waals surface area contributed by atoms with Crippen LogP contribution in [0.1, 0.15) is 32.3 Å². The summed E-state index contributed by atoms with van der Waals surface area (Å²) in [5.41, 5.74) is 3.64. The number of nitrogens with one attached hydrogen (secondary N) is 1. The molecule has 5 heteroatoms. The van der Waals surface area contributed by atoms with Crippen LogP contribution in [0, 0.1) is 0 Å². The van der Waals surface area contributed by atoms with Gasteiger partial charge < -0.3 is 10.1 Å². The summed E-state index contributed by atoms with van der Waals surface area (Å²) in [6.45, 7) is 5.48. The van der Waals surface area contributed by atoms with Crippen LogP contribution in [0.25, 0.3) is 11.1 Å². The normalized spacial score (nSPS) is 22.4. The number of ether oxygens (including phenoxy) is 1. The van der Waals surface area contributed by atoms with Crippen LogP contribution < -0.4 is 5.32 Å². The van der Waals surface area contributed by atoms with Crippen molar-refractivity contribution in [3.8, 4) is 11.1 Å². The summed E-state index contributed by atoms with van der Waals surface area (Å²) in [6.07, 6.45) is 1.91. The summed E-state index contributed by atoms with van der Waals surface area (Å²) in [6, 6.07) is 19.5. The molecular weight excluding hydrogens is 358 g/mol. The Morgan fingerprint density at radius 1 is 1.15 bits per heavy atom. The van der Waals surface area contributed by atoms with Gasteiger partial charge in [-0.05, 0) is 36.5 Å². The van der Waals surface area contributed by atoms with Gasteiger partial charge in [-0.15, -0.1) is 0 Å². The second kappa shape index (κ2) is 10.4. The molecule has 1 aliphatic rings. The van der Waals surface area contributed by atoms with Crippen molar-refractivity contribution in [1.29, 1.82) is 0 Å². The molecule has 0 bridgehead atoms. The van der Waals surface area contributed by atoms with Crippen molar-refractivity contribution >= 4 is 17.3 Å². The highest BCUT2D eigenvalue weighted by Crippen LogP contribution is 2.38. The summed E-state index contributed by atoms with van der Waals surface area (Å²) in [5.74, 6) is 0.773. The van der Waals surface area contributed by atoms with Gasteiger partial charge in [0.1, 0.15) is 0 Å². The topological polar surface area (TPSA) is 55.4 Å². The first-order valence-electron chi connectivity index (χ1n) is 9.31. The fourth-order valence-corrected chi connectivity index (χ4v) is 5.32. The van der Waals surface area contributed by atoms with E-state index in [1.807, 2.05) is 6.07 Å². The summed E-state index contributed by atoms with van der Waals surface area (Å²) in [5, 5.41) is 3.50. The van der Waals surface area contributed by atoms with Crippen LogP contribution in [-0.4, -0.2) is 36.1 Å². The summed E-state index contributed by atoms with van der Waals surface area (Å²) in [4.78, 5) is 8.95. The molecule has 0 aliphatic carbocycles. The van der Waals surface area contributed by atoms with E-state index in [9.17, 15) is 4.21 Å². The van der Waals surface area contributed by atoms with Crippen molar-refractivity contribution < 1.29 is 13.7 Å². The van der Waals surface area contributed by atoms with Crippen LogP contribution in [0.4, 0.5) is 0 Å². The van der Waals surface area contributed by atoms with E-state index in [1.165, 1.54) is 23.8 Å². The van der Waals surface area contributed by atoms with Gasteiger partial charge in [-0.2, -0.15) is 0 Å². The molecule has 3 rings (SSSR count). The van der Waals surface area contributed by atoms with Crippen LogP contribution in [0.3, 0.4) is 0 Å². The molecule has 0 aromatic heterocycles. The molecule has 27 heavy (non-hydrogen) atoms. The molecule has 0 radical (unpaired) electrons. The smallest absolute Gasteiger partial charge is 0.292 e. The van der Waals surface area contributed by atoms with Crippen LogP contribution >= 0.6 is 0 Å². The second-order valence-electron chi connectivity index (χ2n) is 6.81. The first-order chi connectivity index (χ1) is 13.1. The number of carbonyl (C=O) groups excluding carboxylic acids is 1. The first-order valence-corrected chi connectivity index (χ1v) is 10.6. The molecule has 1 aliphatic heterocycles. The van der Waals surface area contributed by atoms with Gasteiger partial charge in [-0.1, -0.05) is 61.5 Å². The van der Waals surface area contributed by atoms with Crippen molar-refractivity contribution in [2.24, 2.45) is 0 Å². The first kappa shape index (κ1) is 21.3. The number of methoxy groups -OCH3 is 1. The highest BCUT2D eigenvalue weighted by atomic mass is 32.2. The minimum Gasteiger partial charge on any atom is -0.471 e. The van der Waals surface area contributed by atoms with Crippen LogP contribution in [-0.2, 0) is 25.1 Å². The average molecular weight is 388 g/mol. The lowest BCUT2D eigenvalue weighted by Gasteiger charge is -2.28. The summed E-state index contributed by atoms with van der Waals surface area (Å²) < 4.78 is 16.6. The lowest BCUT2D eigenvalue weighted by molar-refractivity contribution is -0.126. The minimum atomic E-state index is -0.839. The number of benzene rings is 2. The quantitative estimate of drug-likeness (QED) is 0.765. The third-order valence-corrected chi connectivity index (χ3v) is 7.01. The Morgan fingerprint density at radius 3 is 2.22 bits per heavy atom. The summed E-state index contributed by atoms with van der Waals surface area (Å²) in [7, 11) is 0.473. The molecule has 1 saturated heterocycles. The molecule has 0 amide bonds. The lowest BCUT2D eigenvalue weighted by Crippen LogP contribution is -2.35. The maximum atomic E-state index is 12.9. The molecular formula is C22H29NO3S. The molecule has 1 heterocycles. The van der Waals surface area contributed by atoms with Crippen molar-refractivity contribution in [2.45, 2.75) is 37.5 Å². The van der Waals surface area contributed by atoms with Crippen molar-refractivity contribution in [1.82, 2.24) is 5.32 Å². The van der Waals surface area contributed by atoms with E-state index in [2.05, 4.69) is 72.4 Å².